The van der Waals surface area contributed by atoms with E-state index in [1.807, 2.05) is 6.92 Å². The van der Waals surface area contributed by atoms with Crippen LogP contribution in [-0.4, -0.2) is 43.4 Å². The van der Waals surface area contributed by atoms with Gasteiger partial charge in [0, 0.05) is 23.0 Å². The van der Waals surface area contributed by atoms with Gasteiger partial charge in [0.05, 0.1) is 11.4 Å². The first-order valence-electron chi connectivity index (χ1n) is 8.80. The number of ketones is 1. The van der Waals surface area contributed by atoms with E-state index >= 15 is 0 Å². The monoisotopic (exact) mass is 431 g/mol. The van der Waals surface area contributed by atoms with Crippen LogP contribution in [0.5, 0.6) is 0 Å². The Hall–Kier alpha value is -2.17. The highest BCUT2D eigenvalue weighted by Gasteiger charge is 2.30. The van der Waals surface area contributed by atoms with Crippen LogP contribution in [0.1, 0.15) is 40.3 Å². The largest absolute Gasteiger partial charge is 0.406 e. The van der Waals surface area contributed by atoms with Gasteiger partial charge >= 0.3 is 6.18 Å². The molecule has 0 bridgehead atoms. The zero-order valence-electron chi connectivity index (χ0n) is 16.6. The van der Waals surface area contributed by atoms with Crippen molar-refractivity contribution in [3.8, 4) is 0 Å². The first kappa shape index (κ1) is 23.1. The van der Waals surface area contributed by atoms with Crippen LogP contribution in [-0.2, 0) is 16.6 Å². The number of aryl methyl sites for hydroxylation is 1. The quantitative estimate of drug-likeness (QED) is 0.683. The number of hydrogen-bond acceptors (Lipinski definition) is 4. The summed E-state index contributed by atoms with van der Waals surface area (Å²) in [6.07, 6.45) is -4.37. The molecule has 160 valence electrons. The summed E-state index contributed by atoms with van der Waals surface area (Å²) in [5.74, 6) is -0.290. The number of alkyl halides is 3. The molecule has 1 atom stereocenters. The summed E-state index contributed by atoms with van der Waals surface area (Å²) in [7, 11) is -2.08. The maximum absolute atomic E-state index is 12.8. The lowest BCUT2D eigenvalue weighted by atomic mass is 10.1. The average molecular weight is 431 g/mol. The van der Waals surface area contributed by atoms with Gasteiger partial charge in [-0.3, -0.25) is 9.69 Å². The number of rotatable bonds is 7. The fourth-order valence-corrected chi connectivity index (χ4v) is 3.66. The number of primary sulfonamides is 1. The SMILES string of the molecule is Cc1cc(C(=O)CN(C)C(C)c2ccc(S(N)(=O)=O)cc2)c(C)n1CC(F)(F)F. The van der Waals surface area contributed by atoms with Gasteiger partial charge in [-0.2, -0.15) is 13.2 Å². The first-order valence-corrected chi connectivity index (χ1v) is 10.3. The lowest BCUT2D eigenvalue weighted by molar-refractivity contribution is -0.141. The number of halogens is 3. The number of nitrogens with zero attached hydrogens (tertiary/aromatic N) is 2. The van der Waals surface area contributed by atoms with Crippen LogP contribution < -0.4 is 5.14 Å². The highest BCUT2D eigenvalue weighted by Crippen LogP contribution is 2.25. The summed E-state index contributed by atoms with van der Waals surface area (Å²) in [5.41, 5.74) is 1.69. The molecule has 0 saturated carbocycles. The minimum Gasteiger partial charge on any atom is -0.339 e. The van der Waals surface area contributed by atoms with Gasteiger partial charge in [-0.05, 0) is 51.6 Å². The maximum atomic E-state index is 12.8. The summed E-state index contributed by atoms with van der Waals surface area (Å²) in [5, 5.41) is 5.08. The Kier molecular flexibility index (Phi) is 6.61. The smallest absolute Gasteiger partial charge is 0.339 e. The highest BCUT2D eigenvalue weighted by atomic mass is 32.2. The van der Waals surface area contributed by atoms with Crippen molar-refractivity contribution in [2.75, 3.05) is 13.6 Å². The number of benzene rings is 1. The second-order valence-electron chi connectivity index (χ2n) is 7.11. The Morgan fingerprint density at radius 3 is 2.24 bits per heavy atom. The van der Waals surface area contributed by atoms with Gasteiger partial charge in [0.15, 0.2) is 5.78 Å². The van der Waals surface area contributed by atoms with Gasteiger partial charge in [0.1, 0.15) is 6.54 Å². The molecule has 0 saturated heterocycles. The number of nitrogens with two attached hydrogens (primary N) is 1. The molecule has 0 fully saturated rings. The van der Waals surface area contributed by atoms with Crippen LogP contribution >= 0.6 is 0 Å². The molecule has 2 rings (SSSR count). The standard InChI is InChI=1S/C19H24F3N3O3S/c1-12-9-17(14(3)25(12)11-19(20,21)22)18(26)10-24(4)13(2)15-5-7-16(8-6-15)29(23,27)28/h5-9,13H,10-11H2,1-4H3,(H2,23,27,28). The van der Waals surface area contributed by atoms with Crippen molar-refractivity contribution >= 4 is 15.8 Å². The van der Waals surface area contributed by atoms with Crippen molar-refractivity contribution in [2.24, 2.45) is 5.14 Å². The second-order valence-corrected chi connectivity index (χ2v) is 8.68. The molecule has 0 radical (unpaired) electrons. The molecule has 0 spiro atoms. The Morgan fingerprint density at radius 1 is 1.21 bits per heavy atom. The Balaban J connectivity index is 2.15. The van der Waals surface area contributed by atoms with Gasteiger partial charge in [0.25, 0.3) is 0 Å². The third kappa shape index (κ3) is 5.68. The molecule has 6 nitrogen and oxygen atoms in total. The van der Waals surface area contributed by atoms with Gasteiger partial charge in [-0.1, -0.05) is 12.1 Å². The van der Waals surface area contributed by atoms with E-state index < -0.39 is 22.7 Å². The van der Waals surface area contributed by atoms with E-state index in [1.165, 1.54) is 32.0 Å². The molecule has 1 unspecified atom stereocenters. The molecule has 1 aromatic carbocycles. The van der Waals surface area contributed by atoms with Crippen molar-refractivity contribution in [3.05, 3.63) is 52.8 Å². The molecule has 1 heterocycles. The van der Waals surface area contributed by atoms with Crippen LogP contribution in [0.4, 0.5) is 13.2 Å². The number of aromatic nitrogens is 1. The van der Waals surface area contributed by atoms with Crippen LogP contribution in [0, 0.1) is 13.8 Å². The Bertz CT molecular complexity index is 996. The number of carbonyl (C=O) groups is 1. The van der Waals surface area contributed by atoms with Crippen molar-refractivity contribution in [3.63, 3.8) is 0 Å². The van der Waals surface area contributed by atoms with Crippen molar-refractivity contribution in [1.82, 2.24) is 9.47 Å². The van der Waals surface area contributed by atoms with E-state index in [4.69, 9.17) is 5.14 Å². The summed E-state index contributed by atoms with van der Waals surface area (Å²) >= 11 is 0. The predicted molar refractivity (Wildman–Crippen MR) is 103 cm³/mol. The van der Waals surface area contributed by atoms with E-state index in [2.05, 4.69) is 0 Å². The third-order valence-corrected chi connectivity index (χ3v) is 5.89. The van der Waals surface area contributed by atoms with Gasteiger partial charge < -0.3 is 4.57 Å². The van der Waals surface area contributed by atoms with Crippen LogP contribution in [0.3, 0.4) is 0 Å². The number of Topliss-reactive ketones (excluding diaryl/α,β-unsaturated/α-hetero) is 1. The molecule has 1 aromatic heterocycles. The van der Waals surface area contributed by atoms with E-state index in [-0.39, 0.29) is 34.5 Å². The molecule has 29 heavy (non-hydrogen) atoms. The van der Waals surface area contributed by atoms with Gasteiger partial charge in [-0.25, -0.2) is 13.6 Å². The van der Waals surface area contributed by atoms with Crippen molar-refractivity contribution in [1.29, 1.82) is 0 Å². The summed E-state index contributed by atoms with van der Waals surface area (Å²) < 4.78 is 62.1. The lowest BCUT2D eigenvalue weighted by Gasteiger charge is -2.24. The Labute approximate surface area is 168 Å². The summed E-state index contributed by atoms with van der Waals surface area (Å²) in [4.78, 5) is 14.4. The summed E-state index contributed by atoms with van der Waals surface area (Å²) in [6, 6.07) is 7.25. The molecule has 0 amide bonds. The molecule has 10 heteroatoms. The zero-order valence-corrected chi connectivity index (χ0v) is 17.4. The lowest BCUT2D eigenvalue weighted by Crippen LogP contribution is -2.29. The van der Waals surface area contributed by atoms with Crippen LogP contribution in [0.25, 0.3) is 0 Å². The average Bonchev–Trinajstić information content (AvgIpc) is 2.87. The second kappa shape index (κ2) is 8.29. The molecule has 0 aliphatic heterocycles. The molecular formula is C19H24F3N3O3S. The number of hydrogen-bond donors (Lipinski definition) is 1. The number of likely N-dealkylation sites (N-methyl/N-ethyl adjacent to an activating group) is 1. The van der Waals surface area contributed by atoms with E-state index in [0.29, 0.717) is 5.69 Å². The van der Waals surface area contributed by atoms with E-state index in [0.717, 1.165) is 10.1 Å². The normalized spacial score (nSPS) is 13.7. The fourth-order valence-electron chi connectivity index (χ4n) is 3.15. The summed E-state index contributed by atoms with van der Waals surface area (Å²) in [6.45, 7) is 3.73. The third-order valence-electron chi connectivity index (χ3n) is 4.96. The molecule has 2 aromatic rings. The fraction of sp³-hybridized carbons (Fsp3) is 0.421. The highest BCUT2D eigenvalue weighted by molar-refractivity contribution is 7.89. The maximum Gasteiger partial charge on any atom is 0.406 e. The van der Waals surface area contributed by atoms with E-state index in [9.17, 15) is 26.4 Å². The van der Waals surface area contributed by atoms with Crippen LogP contribution in [0.15, 0.2) is 35.2 Å². The van der Waals surface area contributed by atoms with Crippen LogP contribution in [0.2, 0.25) is 0 Å². The molecular weight excluding hydrogens is 407 g/mol. The van der Waals surface area contributed by atoms with Crippen molar-refractivity contribution in [2.45, 2.75) is 44.4 Å². The molecule has 2 N–H and O–H groups in total. The minimum atomic E-state index is -4.37. The van der Waals surface area contributed by atoms with Gasteiger partial charge in [0.2, 0.25) is 10.0 Å². The zero-order chi connectivity index (χ0) is 22.1. The molecule has 0 aliphatic carbocycles. The topological polar surface area (TPSA) is 85.4 Å². The number of carbonyl (C=O) groups excluding carboxylic acids is 1. The van der Waals surface area contributed by atoms with Crippen molar-refractivity contribution < 1.29 is 26.4 Å². The van der Waals surface area contributed by atoms with E-state index in [1.54, 1.807) is 24.1 Å². The number of sulfonamides is 1. The minimum absolute atomic E-state index is 0.00554. The Morgan fingerprint density at radius 2 is 1.76 bits per heavy atom. The first-order chi connectivity index (χ1) is 13.2. The molecule has 0 aliphatic rings. The van der Waals surface area contributed by atoms with Gasteiger partial charge in [-0.15, -0.1) is 0 Å². The predicted octanol–water partition coefficient (Wildman–Crippen LogP) is 3.19.